The highest BCUT2D eigenvalue weighted by molar-refractivity contribution is 7.10. The number of rotatable bonds is 1. The predicted octanol–water partition coefficient (Wildman–Crippen LogP) is 4.02. The smallest absolute Gasteiger partial charge is 0.0548 e. The second-order valence-electron chi connectivity index (χ2n) is 5.31. The van der Waals surface area contributed by atoms with E-state index in [4.69, 9.17) is 17.3 Å². The lowest BCUT2D eigenvalue weighted by Gasteiger charge is -2.39. The van der Waals surface area contributed by atoms with Crippen LogP contribution in [-0.4, -0.2) is 6.04 Å². The fraction of sp³-hybridized carbons (Fsp3) is 0.667. The topological polar surface area (TPSA) is 26.0 Å². The van der Waals surface area contributed by atoms with Crippen LogP contribution in [0, 0.1) is 5.41 Å². The number of hydrogen-bond donors (Lipinski definition) is 1. The minimum absolute atomic E-state index is 0.286. The molecule has 1 aromatic heterocycles. The summed E-state index contributed by atoms with van der Waals surface area (Å²) in [4.78, 5) is 1.29. The first-order valence-electron chi connectivity index (χ1n) is 5.48. The molecule has 0 aliphatic heterocycles. The van der Waals surface area contributed by atoms with Crippen LogP contribution in [0.5, 0.6) is 0 Å². The minimum Gasteiger partial charge on any atom is -0.327 e. The van der Waals surface area contributed by atoms with Crippen LogP contribution in [0.25, 0.3) is 0 Å². The van der Waals surface area contributed by atoms with Crippen molar-refractivity contribution >= 4 is 22.9 Å². The van der Waals surface area contributed by atoms with Crippen LogP contribution in [0.4, 0.5) is 0 Å². The summed E-state index contributed by atoms with van der Waals surface area (Å²) in [6.07, 6.45) is 3.51. The minimum atomic E-state index is 0.286. The summed E-state index contributed by atoms with van der Waals surface area (Å²) in [5, 5.41) is 2.96. The summed E-state index contributed by atoms with van der Waals surface area (Å²) in [5.41, 5.74) is 6.62. The summed E-state index contributed by atoms with van der Waals surface area (Å²) in [5.74, 6) is 0.459. The van der Waals surface area contributed by atoms with Crippen molar-refractivity contribution in [3.63, 3.8) is 0 Å². The lowest BCUT2D eigenvalue weighted by Crippen LogP contribution is -2.37. The van der Waals surface area contributed by atoms with Crippen LogP contribution in [0.3, 0.4) is 0 Å². The van der Waals surface area contributed by atoms with Gasteiger partial charge in [-0.15, -0.1) is 11.3 Å². The van der Waals surface area contributed by atoms with Gasteiger partial charge >= 0.3 is 0 Å². The molecular formula is C12H18ClNS. The third-order valence-electron chi connectivity index (χ3n) is 3.43. The van der Waals surface area contributed by atoms with Gasteiger partial charge in [0.25, 0.3) is 0 Å². The van der Waals surface area contributed by atoms with E-state index < -0.39 is 0 Å². The molecule has 1 saturated carbocycles. The fourth-order valence-corrected chi connectivity index (χ4v) is 3.84. The van der Waals surface area contributed by atoms with Gasteiger partial charge in [0, 0.05) is 16.8 Å². The van der Waals surface area contributed by atoms with E-state index in [0.717, 1.165) is 17.9 Å². The SMILES string of the molecule is CC1(C)CCC(N)C(c2sccc2Cl)C1. The summed E-state index contributed by atoms with van der Waals surface area (Å²) < 4.78 is 0. The highest BCUT2D eigenvalue weighted by Gasteiger charge is 2.35. The maximum atomic E-state index is 6.21. The Bertz CT molecular complexity index is 345. The Labute approximate surface area is 101 Å². The zero-order valence-corrected chi connectivity index (χ0v) is 10.9. The van der Waals surface area contributed by atoms with Gasteiger partial charge in [-0.05, 0) is 36.1 Å². The average molecular weight is 244 g/mol. The molecule has 0 amide bonds. The summed E-state index contributed by atoms with van der Waals surface area (Å²) >= 11 is 7.94. The highest BCUT2D eigenvalue weighted by Crippen LogP contribution is 2.45. The van der Waals surface area contributed by atoms with Crippen molar-refractivity contribution in [1.29, 1.82) is 0 Å². The fourth-order valence-electron chi connectivity index (χ4n) is 2.46. The van der Waals surface area contributed by atoms with Crippen molar-refractivity contribution in [2.24, 2.45) is 11.1 Å². The van der Waals surface area contributed by atoms with Gasteiger partial charge in [0.05, 0.1) is 5.02 Å². The molecule has 84 valence electrons. The van der Waals surface area contributed by atoms with E-state index in [2.05, 4.69) is 19.2 Å². The first kappa shape index (κ1) is 11.4. The Morgan fingerprint density at radius 1 is 1.53 bits per heavy atom. The monoisotopic (exact) mass is 243 g/mol. The lowest BCUT2D eigenvalue weighted by molar-refractivity contribution is 0.200. The van der Waals surface area contributed by atoms with Crippen molar-refractivity contribution in [3.05, 3.63) is 21.3 Å². The molecule has 0 bridgehead atoms. The third kappa shape index (κ3) is 2.38. The lowest BCUT2D eigenvalue weighted by atomic mass is 9.70. The second kappa shape index (κ2) is 4.08. The van der Waals surface area contributed by atoms with E-state index in [0.29, 0.717) is 11.3 Å². The number of nitrogens with two attached hydrogens (primary N) is 1. The molecule has 1 aromatic rings. The Morgan fingerprint density at radius 2 is 2.27 bits per heavy atom. The van der Waals surface area contributed by atoms with Crippen LogP contribution in [0.2, 0.25) is 5.02 Å². The molecular weight excluding hydrogens is 226 g/mol. The van der Waals surface area contributed by atoms with E-state index in [9.17, 15) is 0 Å². The van der Waals surface area contributed by atoms with Crippen molar-refractivity contribution in [1.82, 2.24) is 0 Å². The molecule has 3 heteroatoms. The molecule has 0 saturated heterocycles. The van der Waals surface area contributed by atoms with E-state index in [-0.39, 0.29) is 6.04 Å². The molecule has 1 nitrogen and oxygen atoms in total. The third-order valence-corrected chi connectivity index (χ3v) is 4.92. The van der Waals surface area contributed by atoms with E-state index in [1.165, 1.54) is 11.3 Å². The maximum Gasteiger partial charge on any atom is 0.0548 e. The molecule has 0 aromatic carbocycles. The maximum absolute atomic E-state index is 6.21. The Balaban J connectivity index is 2.24. The van der Waals surface area contributed by atoms with Gasteiger partial charge < -0.3 is 5.73 Å². The molecule has 1 fully saturated rings. The Hall–Kier alpha value is -0.0500. The standard InChI is InChI=1S/C12H18ClNS/c1-12(2)5-3-10(14)8(7-12)11-9(13)4-6-15-11/h4,6,8,10H,3,5,7,14H2,1-2H3. The summed E-state index contributed by atoms with van der Waals surface area (Å²) in [7, 11) is 0. The van der Waals surface area contributed by atoms with Gasteiger partial charge in [0.2, 0.25) is 0 Å². The summed E-state index contributed by atoms with van der Waals surface area (Å²) in [6, 6.07) is 2.27. The molecule has 1 heterocycles. The molecule has 15 heavy (non-hydrogen) atoms. The van der Waals surface area contributed by atoms with E-state index >= 15 is 0 Å². The highest BCUT2D eigenvalue weighted by atomic mass is 35.5. The molecule has 1 aliphatic rings. The van der Waals surface area contributed by atoms with Crippen LogP contribution in [0.15, 0.2) is 11.4 Å². The quantitative estimate of drug-likeness (QED) is 0.792. The number of thiophene rings is 1. The molecule has 0 radical (unpaired) electrons. The van der Waals surface area contributed by atoms with Crippen LogP contribution in [0.1, 0.15) is 43.9 Å². The Kier molecular flexibility index (Phi) is 3.11. The first-order chi connectivity index (χ1) is 6.99. The van der Waals surface area contributed by atoms with Gasteiger partial charge in [-0.1, -0.05) is 25.4 Å². The predicted molar refractivity (Wildman–Crippen MR) is 67.7 cm³/mol. The Morgan fingerprint density at radius 3 is 2.87 bits per heavy atom. The largest absolute Gasteiger partial charge is 0.327 e. The van der Waals surface area contributed by atoms with Gasteiger partial charge in [-0.3, -0.25) is 0 Å². The first-order valence-corrected chi connectivity index (χ1v) is 6.74. The van der Waals surface area contributed by atoms with Crippen molar-refractivity contribution < 1.29 is 0 Å². The van der Waals surface area contributed by atoms with Gasteiger partial charge in [-0.2, -0.15) is 0 Å². The molecule has 0 spiro atoms. The summed E-state index contributed by atoms with van der Waals surface area (Å²) in [6.45, 7) is 4.65. The molecule has 2 N–H and O–H groups in total. The molecule has 2 atom stereocenters. The normalized spacial score (nSPS) is 30.4. The second-order valence-corrected chi connectivity index (χ2v) is 6.67. The van der Waals surface area contributed by atoms with E-state index in [1.807, 2.05) is 6.07 Å². The molecule has 2 rings (SSSR count). The number of hydrogen-bond acceptors (Lipinski definition) is 2. The average Bonchev–Trinajstić information content (AvgIpc) is 2.56. The van der Waals surface area contributed by atoms with Crippen LogP contribution in [-0.2, 0) is 0 Å². The van der Waals surface area contributed by atoms with Gasteiger partial charge in [-0.25, -0.2) is 0 Å². The van der Waals surface area contributed by atoms with Gasteiger partial charge in [0.1, 0.15) is 0 Å². The zero-order valence-electron chi connectivity index (χ0n) is 9.29. The van der Waals surface area contributed by atoms with E-state index in [1.54, 1.807) is 11.3 Å². The molecule has 1 aliphatic carbocycles. The van der Waals surface area contributed by atoms with Crippen molar-refractivity contribution in [2.45, 2.75) is 45.1 Å². The zero-order chi connectivity index (χ0) is 11.1. The number of halogens is 1. The van der Waals surface area contributed by atoms with Crippen molar-refractivity contribution in [3.8, 4) is 0 Å². The van der Waals surface area contributed by atoms with Crippen LogP contribution >= 0.6 is 22.9 Å². The van der Waals surface area contributed by atoms with Crippen LogP contribution < -0.4 is 5.73 Å². The van der Waals surface area contributed by atoms with Gasteiger partial charge in [0.15, 0.2) is 0 Å². The van der Waals surface area contributed by atoms with Crippen molar-refractivity contribution in [2.75, 3.05) is 0 Å². The molecule has 2 unspecified atom stereocenters.